The quantitative estimate of drug-likeness (QED) is 0.205. The van der Waals surface area contributed by atoms with Gasteiger partial charge in [0.05, 0.1) is 20.8 Å². The van der Waals surface area contributed by atoms with E-state index in [0.29, 0.717) is 38.0 Å². The molecular weight excluding hydrogens is 632 g/mol. The van der Waals surface area contributed by atoms with E-state index in [1.165, 1.54) is 11.8 Å². The van der Waals surface area contributed by atoms with Gasteiger partial charge in [-0.05, 0) is 77.6 Å². The number of hydrogen-bond donors (Lipinski definition) is 1. The highest BCUT2D eigenvalue weighted by molar-refractivity contribution is 14.1. The van der Waals surface area contributed by atoms with Crippen molar-refractivity contribution in [2.75, 3.05) is 6.61 Å². The molecule has 0 spiro atoms. The average molecular weight is 652 g/mol. The number of benzene rings is 3. The lowest BCUT2D eigenvalue weighted by molar-refractivity contribution is -0.138. The van der Waals surface area contributed by atoms with E-state index in [1.807, 2.05) is 54.6 Å². The number of esters is 1. The second-order valence-corrected chi connectivity index (χ2v) is 10.6. The second-order valence-electron chi connectivity index (χ2n) is 7.52. The van der Waals surface area contributed by atoms with Crippen LogP contribution in [0.5, 0.6) is 5.75 Å². The van der Waals surface area contributed by atoms with E-state index in [4.69, 9.17) is 32.7 Å². The van der Waals surface area contributed by atoms with Crippen molar-refractivity contribution in [1.29, 1.82) is 0 Å². The van der Waals surface area contributed by atoms with Gasteiger partial charge in [0.2, 0.25) is 0 Å². The molecule has 0 bridgehead atoms. The summed E-state index contributed by atoms with van der Waals surface area (Å²) in [7, 11) is 0. The fourth-order valence-corrected chi connectivity index (χ4v) is 5.47. The van der Waals surface area contributed by atoms with Crippen LogP contribution < -0.4 is 4.74 Å². The van der Waals surface area contributed by atoms with Crippen molar-refractivity contribution in [3.63, 3.8) is 0 Å². The summed E-state index contributed by atoms with van der Waals surface area (Å²) in [6.45, 7) is 2.21. The normalized spacial score (nSPS) is 15.6. The number of hydrogen-bond acceptors (Lipinski definition) is 6. The molecule has 36 heavy (non-hydrogen) atoms. The molecular formula is C27H20Cl2INO4S. The fraction of sp³-hybridized carbons (Fsp3) is 0.111. The van der Waals surface area contributed by atoms with Gasteiger partial charge in [0.1, 0.15) is 28.7 Å². The van der Waals surface area contributed by atoms with Gasteiger partial charge in [0.15, 0.2) is 0 Å². The van der Waals surface area contributed by atoms with Crippen LogP contribution in [-0.2, 0) is 16.1 Å². The summed E-state index contributed by atoms with van der Waals surface area (Å²) in [5, 5.41) is 12.4. The van der Waals surface area contributed by atoms with Crippen molar-refractivity contribution in [3.8, 4) is 5.75 Å². The molecule has 1 N–H and O–H groups in total. The van der Waals surface area contributed by atoms with Crippen LogP contribution in [-0.4, -0.2) is 22.7 Å². The van der Waals surface area contributed by atoms with Crippen molar-refractivity contribution >= 4 is 80.3 Å². The number of carbonyl (C=O) groups is 1. The highest BCUT2D eigenvalue weighted by Gasteiger charge is 2.33. The zero-order valence-electron chi connectivity index (χ0n) is 19.0. The van der Waals surface area contributed by atoms with Crippen molar-refractivity contribution < 1.29 is 19.4 Å². The molecule has 0 aromatic heterocycles. The summed E-state index contributed by atoms with van der Waals surface area (Å²) in [5.74, 6) is -0.0678. The predicted octanol–water partition coefficient (Wildman–Crippen LogP) is 8.37. The van der Waals surface area contributed by atoms with E-state index >= 15 is 0 Å². The molecule has 0 radical (unpaired) electrons. The second kappa shape index (κ2) is 12.2. The highest BCUT2D eigenvalue weighted by atomic mass is 127. The number of carbonyl (C=O) groups excluding carboxylic acids is 1. The molecule has 3 aromatic rings. The number of aliphatic hydroxyl groups excluding tert-OH is 1. The number of rotatable bonds is 7. The number of para-hydroxylation sites is 1. The zero-order chi connectivity index (χ0) is 25.7. The van der Waals surface area contributed by atoms with Crippen LogP contribution in [0.2, 0.25) is 10.0 Å². The SMILES string of the molecule is CCOC(=O)C1=C(O)/C(=C/c2ccc(OCc3ccc(Cl)cc3Cl)c(I)c2)SC1=Nc1ccccc1. The number of halogens is 3. The third-order valence-electron chi connectivity index (χ3n) is 5.01. The summed E-state index contributed by atoms with van der Waals surface area (Å²) in [6.07, 6.45) is 1.80. The largest absolute Gasteiger partial charge is 0.506 e. The summed E-state index contributed by atoms with van der Waals surface area (Å²) in [4.78, 5) is 17.7. The van der Waals surface area contributed by atoms with Crippen molar-refractivity contribution in [1.82, 2.24) is 0 Å². The Morgan fingerprint density at radius 3 is 2.58 bits per heavy atom. The summed E-state index contributed by atoms with van der Waals surface area (Å²) in [6, 6.07) is 20.2. The Kier molecular flexibility index (Phi) is 9.00. The molecule has 3 aromatic carbocycles. The first-order valence-corrected chi connectivity index (χ1v) is 13.5. The maximum atomic E-state index is 12.6. The van der Waals surface area contributed by atoms with Crippen LogP contribution in [0.25, 0.3) is 6.08 Å². The molecule has 9 heteroatoms. The summed E-state index contributed by atoms with van der Waals surface area (Å²) in [5.41, 5.74) is 2.39. The summed E-state index contributed by atoms with van der Waals surface area (Å²) < 4.78 is 12.0. The lowest BCUT2D eigenvalue weighted by Crippen LogP contribution is -2.12. The Morgan fingerprint density at radius 1 is 1.11 bits per heavy atom. The van der Waals surface area contributed by atoms with Gasteiger partial charge in [0.25, 0.3) is 0 Å². The van der Waals surface area contributed by atoms with Crippen LogP contribution >= 0.6 is 57.6 Å². The number of thioether (sulfide) groups is 1. The smallest absolute Gasteiger partial charge is 0.344 e. The molecule has 0 aliphatic carbocycles. The maximum Gasteiger partial charge on any atom is 0.344 e. The minimum atomic E-state index is -0.611. The van der Waals surface area contributed by atoms with Crippen LogP contribution in [0, 0.1) is 3.57 Å². The zero-order valence-corrected chi connectivity index (χ0v) is 23.5. The molecule has 4 rings (SSSR count). The van der Waals surface area contributed by atoms with Gasteiger partial charge in [-0.1, -0.05) is 65.3 Å². The van der Waals surface area contributed by atoms with Crippen LogP contribution in [0.15, 0.2) is 88.0 Å². The lowest BCUT2D eigenvalue weighted by atomic mass is 10.1. The average Bonchev–Trinajstić information content (AvgIpc) is 3.14. The molecule has 1 heterocycles. The first-order valence-electron chi connectivity index (χ1n) is 10.9. The topological polar surface area (TPSA) is 68.1 Å². The molecule has 0 unspecified atom stereocenters. The Labute approximate surface area is 237 Å². The molecule has 0 saturated heterocycles. The fourth-order valence-electron chi connectivity index (χ4n) is 3.28. The molecule has 0 fully saturated rings. The van der Waals surface area contributed by atoms with Gasteiger partial charge in [-0.2, -0.15) is 0 Å². The van der Waals surface area contributed by atoms with Crippen LogP contribution in [0.1, 0.15) is 18.1 Å². The molecule has 5 nitrogen and oxygen atoms in total. The Morgan fingerprint density at radius 2 is 1.89 bits per heavy atom. The first-order chi connectivity index (χ1) is 17.4. The van der Waals surface area contributed by atoms with E-state index in [9.17, 15) is 9.90 Å². The van der Waals surface area contributed by atoms with Gasteiger partial charge in [0, 0.05) is 15.6 Å². The molecule has 1 aliphatic rings. The molecule has 1 aliphatic heterocycles. The van der Waals surface area contributed by atoms with E-state index < -0.39 is 5.97 Å². The third-order valence-corrected chi connectivity index (χ3v) is 7.46. The van der Waals surface area contributed by atoms with Crippen LogP contribution in [0.3, 0.4) is 0 Å². The van der Waals surface area contributed by atoms with E-state index in [2.05, 4.69) is 27.6 Å². The van der Waals surface area contributed by atoms with Crippen LogP contribution in [0.4, 0.5) is 5.69 Å². The Hall–Kier alpha value is -2.46. The van der Waals surface area contributed by atoms with Gasteiger partial charge >= 0.3 is 5.97 Å². The number of ether oxygens (including phenoxy) is 2. The monoisotopic (exact) mass is 651 g/mol. The van der Waals surface area contributed by atoms with Crippen molar-refractivity contribution in [2.24, 2.45) is 4.99 Å². The number of nitrogens with zero attached hydrogens (tertiary/aromatic N) is 1. The molecule has 0 saturated carbocycles. The van der Waals surface area contributed by atoms with Crippen molar-refractivity contribution in [3.05, 3.63) is 108 Å². The van der Waals surface area contributed by atoms with Gasteiger partial charge in [-0.15, -0.1) is 0 Å². The first kappa shape index (κ1) is 26.6. The minimum Gasteiger partial charge on any atom is -0.506 e. The molecule has 0 atom stereocenters. The van der Waals surface area contributed by atoms with E-state index in [-0.39, 0.29) is 17.9 Å². The van der Waals surface area contributed by atoms with E-state index in [1.54, 1.807) is 25.1 Å². The highest BCUT2D eigenvalue weighted by Crippen LogP contribution is 2.40. The molecule has 184 valence electrons. The van der Waals surface area contributed by atoms with Gasteiger partial charge in [-0.25, -0.2) is 9.79 Å². The predicted molar refractivity (Wildman–Crippen MR) is 155 cm³/mol. The van der Waals surface area contributed by atoms with E-state index in [0.717, 1.165) is 14.7 Å². The third kappa shape index (κ3) is 6.45. The summed E-state index contributed by atoms with van der Waals surface area (Å²) >= 11 is 15.6. The maximum absolute atomic E-state index is 12.6. The standard InChI is InChI=1S/C27H20Cl2INO4S/c1-2-34-27(33)24-25(32)23(36-26(24)31-19-6-4-3-5-7-19)13-16-8-11-22(21(30)12-16)35-15-17-9-10-18(28)14-20(17)29/h3-14,32H,2,15H2,1H3/b23-13-,31-26?. The van der Waals surface area contributed by atoms with Gasteiger partial charge in [-0.3, -0.25) is 0 Å². The lowest BCUT2D eigenvalue weighted by Gasteiger charge is -2.10. The Bertz CT molecular complexity index is 1390. The number of aliphatic hydroxyl groups is 1. The molecule has 0 amide bonds. The Balaban J connectivity index is 1.58. The minimum absolute atomic E-state index is 0.0615. The van der Waals surface area contributed by atoms with Crippen molar-refractivity contribution in [2.45, 2.75) is 13.5 Å². The number of aliphatic imine (C=N–C) groups is 1. The van der Waals surface area contributed by atoms with Gasteiger partial charge < -0.3 is 14.6 Å².